The van der Waals surface area contributed by atoms with Gasteiger partial charge in [-0.25, -0.2) is 0 Å². The van der Waals surface area contributed by atoms with Crippen LogP contribution in [0.5, 0.6) is 5.75 Å². The van der Waals surface area contributed by atoms with Crippen LogP contribution in [0.1, 0.15) is 80.0 Å². The highest BCUT2D eigenvalue weighted by Crippen LogP contribution is 2.53. The minimum atomic E-state index is -0.163. The molecule has 0 radical (unpaired) electrons. The largest absolute Gasteiger partial charge is 0.485 e. The van der Waals surface area contributed by atoms with Gasteiger partial charge in [0.15, 0.2) is 0 Å². The van der Waals surface area contributed by atoms with E-state index in [0.29, 0.717) is 17.8 Å². The lowest BCUT2D eigenvalue weighted by atomic mass is 9.70. The molecule has 0 amide bonds. The van der Waals surface area contributed by atoms with Crippen molar-refractivity contribution in [2.45, 2.75) is 75.6 Å². The molecule has 292 valence electrons. The summed E-state index contributed by atoms with van der Waals surface area (Å²) in [7, 11) is 0. The Bertz CT molecular complexity index is 2570. The highest BCUT2D eigenvalue weighted by atomic mass is 16.5. The first-order chi connectivity index (χ1) is 29.0. The third-order valence-electron chi connectivity index (χ3n) is 14.0. The lowest BCUT2D eigenvalue weighted by Crippen LogP contribution is -2.32. The normalized spacial score (nSPS) is 27.4. The first kappa shape index (κ1) is 36.2. The lowest BCUT2D eigenvalue weighted by molar-refractivity contribution is -0.0364. The number of hydrogen-bond acceptors (Lipinski definition) is 3. The number of hydrogen-bond donors (Lipinski definition) is 0. The average molecular weight is 770 g/mol. The van der Waals surface area contributed by atoms with Gasteiger partial charge in [0.1, 0.15) is 11.9 Å². The summed E-state index contributed by atoms with van der Waals surface area (Å²) in [5, 5.41) is 0. The van der Waals surface area contributed by atoms with Gasteiger partial charge in [0.05, 0.1) is 11.7 Å². The number of benzene rings is 5. The topological polar surface area (TPSA) is 21.7 Å². The Morgan fingerprint density at radius 2 is 1.31 bits per heavy atom. The van der Waals surface area contributed by atoms with Gasteiger partial charge in [-0.05, 0) is 144 Å². The maximum Gasteiger partial charge on any atom is 0.128 e. The zero-order chi connectivity index (χ0) is 39.5. The molecular weight excluding hydrogens is 719 g/mol. The van der Waals surface area contributed by atoms with Gasteiger partial charge in [0, 0.05) is 34.5 Å². The molecule has 0 aromatic heterocycles. The molecule has 3 heteroatoms. The Morgan fingerprint density at radius 1 is 0.644 bits per heavy atom. The van der Waals surface area contributed by atoms with Crippen molar-refractivity contribution in [3.8, 4) is 16.9 Å². The highest BCUT2D eigenvalue weighted by molar-refractivity contribution is 5.82. The van der Waals surface area contributed by atoms with Crippen molar-refractivity contribution in [1.82, 2.24) is 0 Å². The van der Waals surface area contributed by atoms with Gasteiger partial charge >= 0.3 is 0 Å². The van der Waals surface area contributed by atoms with Gasteiger partial charge in [-0.2, -0.15) is 0 Å². The standard InChI is InChI=1S/C56H51NO2/c1-37-48(33-34-51-52-13-8-9-35-56(52,2)59-55(37)51)43-23-30-47(31-24-43)57(45-26-19-41(20-27-45)40-17-15-39(16-18-40)38-10-4-3-5-11-38)46-28-21-42(22-29-46)44-25-32-50-49-12-6-7-14-53(49)58-54(50)36-44/h4,6-7,9-12,14-32,34-37,48,50,52,54-55H,3,5,8,13,33H2,1-2H3/t37-,48?,50?,52?,54?,55?,56?/m1/s1. The number of para-hydroxylation sites is 1. The molecular formula is C56H51NO2. The molecule has 5 aromatic rings. The molecule has 59 heavy (non-hydrogen) atoms. The molecule has 2 aliphatic heterocycles. The smallest absolute Gasteiger partial charge is 0.128 e. The summed E-state index contributed by atoms with van der Waals surface area (Å²) in [4.78, 5) is 2.39. The minimum Gasteiger partial charge on any atom is -0.485 e. The monoisotopic (exact) mass is 769 g/mol. The van der Waals surface area contributed by atoms with E-state index in [1.54, 1.807) is 5.57 Å². The highest BCUT2D eigenvalue weighted by Gasteiger charge is 2.51. The second-order valence-electron chi connectivity index (χ2n) is 17.5. The minimum absolute atomic E-state index is 0.0243. The molecule has 0 spiro atoms. The van der Waals surface area contributed by atoms with Crippen molar-refractivity contribution in [3.05, 3.63) is 204 Å². The van der Waals surface area contributed by atoms with Crippen LogP contribution < -0.4 is 9.64 Å². The summed E-state index contributed by atoms with van der Waals surface area (Å²) in [5.41, 5.74) is 14.8. The fourth-order valence-corrected chi connectivity index (χ4v) is 10.8. The van der Waals surface area contributed by atoms with Crippen LogP contribution in [0, 0.1) is 11.8 Å². The summed E-state index contributed by atoms with van der Waals surface area (Å²) in [5.74, 6) is 2.61. The lowest BCUT2D eigenvalue weighted by Gasteiger charge is -2.34. The number of anilines is 3. The number of ether oxygens (including phenoxy) is 2. The number of fused-ring (bicyclic) bond motifs is 6. The number of rotatable bonds is 7. The first-order valence-electron chi connectivity index (χ1n) is 21.8. The Hall–Kier alpha value is -5.90. The number of allylic oxidation sites excluding steroid dienone is 8. The Kier molecular flexibility index (Phi) is 9.04. The second kappa shape index (κ2) is 14.7. The van der Waals surface area contributed by atoms with Gasteiger partial charge in [0.25, 0.3) is 0 Å². The molecule has 0 N–H and O–H groups in total. The molecule has 11 rings (SSSR count). The predicted octanol–water partition coefficient (Wildman–Crippen LogP) is 14.2. The zero-order valence-corrected chi connectivity index (χ0v) is 34.0. The summed E-state index contributed by atoms with van der Waals surface area (Å²) in [6.45, 7) is 4.70. The van der Waals surface area contributed by atoms with Crippen molar-refractivity contribution in [1.29, 1.82) is 0 Å². The SMILES string of the molecule is C[C@H]1C2OC3(C)C=CCCC3C2=CCC1c1ccc(N(c2ccc(C3=CC4Oc5ccccc5C4C=C3)cc2)c2ccc(-c3ccc(C4=CCCC=C4)cc3)cc2)cc1. The first-order valence-corrected chi connectivity index (χ1v) is 21.8. The molecule has 0 saturated carbocycles. The van der Waals surface area contributed by atoms with Crippen LogP contribution in [0.4, 0.5) is 17.1 Å². The van der Waals surface area contributed by atoms with Gasteiger partial charge in [-0.3, -0.25) is 0 Å². The molecule has 1 saturated heterocycles. The van der Waals surface area contributed by atoms with E-state index >= 15 is 0 Å². The van der Waals surface area contributed by atoms with Crippen LogP contribution in [0.25, 0.3) is 22.3 Å². The summed E-state index contributed by atoms with van der Waals surface area (Å²) < 4.78 is 13.2. The van der Waals surface area contributed by atoms with E-state index in [1.807, 2.05) is 0 Å². The average Bonchev–Trinajstić information content (AvgIpc) is 3.82. The fourth-order valence-electron chi connectivity index (χ4n) is 10.8. The molecule has 5 aromatic carbocycles. The van der Waals surface area contributed by atoms with E-state index in [1.165, 1.54) is 50.9 Å². The van der Waals surface area contributed by atoms with Crippen LogP contribution >= 0.6 is 0 Å². The van der Waals surface area contributed by atoms with Gasteiger partial charge in [-0.1, -0.05) is 134 Å². The Labute approximate surface area is 349 Å². The quantitative estimate of drug-likeness (QED) is 0.154. The fraction of sp³-hybridized carbons (Fsp3) is 0.250. The maximum absolute atomic E-state index is 6.88. The maximum atomic E-state index is 6.88. The van der Waals surface area contributed by atoms with E-state index in [9.17, 15) is 0 Å². The second-order valence-corrected chi connectivity index (χ2v) is 17.5. The molecule has 0 bridgehead atoms. The molecule has 6 aliphatic rings. The van der Waals surface area contributed by atoms with E-state index in [2.05, 4.69) is 195 Å². The third kappa shape index (κ3) is 6.48. The summed E-state index contributed by atoms with van der Waals surface area (Å²) in [6, 6.07) is 44.9. The van der Waals surface area contributed by atoms with Crippen molar-refractivity contribution in [2.24, 2.45) is 11.8 Å². The van der Waals surface area contributed by atoms with Crippen LogP contribution in [0.3, 0.4) is 0 Å². The molecule has 3 nitrogen and oxygen atoms in total. The summed E-state index contributed by atoms with van der Waals surface area (Å²) in [6.07, 6.45) is 26.8. The van der Waals surface area contributed by atoms with Crippen LogP contribution in [0.15, 0.2) is 182 Å². The summed E-state index contributed by atoms with van der Waals surface area (Å²) >= 11 is 0. The zero-order valence-electron chi connectivity index (χ0n) is 34.0. The molecule has 2 heterocycles. The van der Waals surface area contributed by atoms with Crippen LogP contribution in [0.2, 0.25) is 0 Å². The van der Waals surface area contributed by atoms with Crippen molar-refractivity contribution in [2.75, 3.05) is 4.90 Å². The number of nitrogens with zero attached hydrogens (tertiary/aromatic N) is 1. The van der Waals surface area contributed by atoms with Crippen LogP contribution in [-0.4, -0.2) is 17.8 Å². The Balaban J connectivity index is 0.887. The van der Waals surface area contributed by atoms with E-state index in [4.69, 9.17) is 9.47 Å². The molecule has 7 atom stereocenters. The van der Waals surface area contributed by atoms with Crippen LogP contribution in [-0.2, 0) is 4.74 Å². The van der Waals surface area contributed by atoms with Gasteiger partial charge in [-0.15, -0.1) is 0 Å². The molecule has 4 aliphatic carbocycles. The van der Waals surface area contributed by atoms with E-state index in [-0.39, 0.29) is 23.7 Å². The molecule has 6 unspecified atom stereocenters. The van der Waals surface area contributed by atoms with Crippen molar-refractivity contribution in [3.63, 3.8) is 0 Å². The van der Waals surface area contributed by atoms with Gasteiger partial charge < -0.3 is 14.4 Å². The third-order valence-corrected chi connectivity index (χ3v) is 14.0. The molecule has 1 fully saturated rings. The predicted molar refractivity (Wildman–Crippen MR) is 243 cm³/mol. The van der Waals surface area contributed by atoms with Crippen molar-refractivity contribution >= 4 is 28.2 Å². The van der Waals surface area contributed by atoms with E-state index in [0.717, 1.165) is 48.5 Å². The van der Waals surface area contributed by atoms with E-state index < -0.39 is 0 Å². The van der Waals surface area contributed by atoms with Crippen molar-refractivity contribution < 1.29 is 9.47 Å². The Morgan fingerprint density at radius 3 is 2.03 bits per heavy atom. The van der Waals surface area contributed by atoms with Gasteiger partial charge in [0.2, 0.25) is 0 Å².